The summed E-state index contributed by atoms with van der Waals surface area (Å²) < 4.78 is 1.92. The number of nitrogens with one attached hydrogen (secondary N) is 1. The van der Waals surface area contributed by atoms with E-state index >= 15 is 0 Å². The Kier molecular flexibility index (Phi) is 2.73. The molecule has 0 bridgehead atoms. The Morgan fingerprint density at radius 2 is 2.33 bits per heavy atom. The summed E-state index contributed by atoms with van der Waals surface area (Å²) in [6.07, 6.45) is 1.77. The van der Waals surface area contributed by atoms with E-state index in [-0.39, 0.29) is 12.1 Å². The van der Waals surface area contributed by atoms with Gasteiger partial charge in [-0.2, -0.15) is 5.10 Å². The van der Waals surface area contributed by atoms with Crippen molar-refractivity contribution in [2.24, 2.45) is 0 Å². The predicted octanol–water partition coefficient (Wildman–Crippen LogP) is 0.353. The van der Waals surface area contributed by atoms with Gasteiger partial charge in [-0.1, -0.05) is 6.92 Å². The third-order valence-corrected chi connectivity index (χ3v) is 2.74. The summed E-state index contributed by atoms with van der Waals surface area (Å²) in [6.45, 7) is 6.27. The van der Waals surface area contributed by atoms with E-state index in [1.807, 2.05) is 17.7 Å². The van der Waals surface area contributed by atoms with E-state index in [1.54, 1.807) is 6.20 Å². The number of amides is 1. The van der Waals surface area contributed by atoms with E-state index in [4.69, 9.17) is 0 Å². The van der Waals surface area contributed by atoms with Crippen LogP contribution in [0.5, 0.6) is 0 Å². The summed E-state index contributed by atoms with van der Waals surface area (Å²) in [4.78, 5) is 13.4. The Balaban J connectivity index is 2.26. The molecule has 0 spiro atoms. The summed E-state index contributed by atoms with van der Waals surface area (Å²) in [5, 5.41) is 7.17. The van der Waals surface area contributed by atoms with Crippen molar-refractivity contribution >= 4 is 5.91 Å². The molecule has 82 valence electrons. The molecule has 1 N–H and O–H groups in total. The average molecular weight is 208 g/mol. The highest BCUT2D eigenvalue weighted by Gasteiger charge is 2.31. The minimum Gasteiger partial charge on any atom is -0.334 e. The fraction of sp³-hybridized carbons (Fsp3) is 0.600. The van der Waals surface area contributed by atoms with Crippen LogP contribution in [0.15, 0.2) is 12.3 Å². The second kappa shape index (κ2) is 4.02. The molecule has 5 nitrogen and oxygen atoms in total. The lowest BCUT2D eigenvalue weighted by molar-refractivity contribution is -0.118. The maximum atomic E-state index is 11.3. The number of hydrogen-bond acceptors (Lipinski definition) is 3. The summed E-state index contributed by atoms with van der Waals surface area (Å²) in [6, 6.07) is 1.96. The van der Waals surface area contributed by atoms with Crippen LogP contribution in [0.4, 0.5) is 0 Å². The third-order valence-electron chi connectivity index (χ3n) is 2.74. The molecule has 0 radical (unpaired) electrons. The Morgan fingerprint density at radius 1 is 1.53 bits per heavy atom. The van der Waals surface area contributed by atoms with E-state index in [0.717, 1.165) is 18.8 Å². The van der Waals surface area contributed by atoms with Crippen molar-refractivity contribution in [2.75, 3.05) is 13.1 Å². The van der Waals surface area contributed by atoms with Gasteiger partial charge in [-0.15, -0.1) is 0 Å². The topological polar surface area (TPSA) is 50.2 Å². The van der Waals surface area contributed by atoms with E-state index < -0.39 is 0 Å². The van der Waals surface area contributed by atoms with Crippen LogP contribution in [0.3, 0.4) is 0 Å². The van der Waals surface area contributed by atoms with Gasteiger partial charge in [0.05, 0.1) is 12.2 Å². The monoisotopic (exact) mass is 208 g/mol. The van der Waals surface area contributed by atoms with E-state index in [0.29, 0.717) is 6.54 Å². The van der Waals surface area contributed by atoms with Crippen molar-refractivity contribution in [1.29, 1.82) is 0 Å². The van der Waals surface area contributed by atoms with Crippen LogP contribution in [-0.2, 0) is 11.3 Å². The molecule has 5 heteroatoms. The first-order valence-corrected chi connectivity index (χ1v) is 5.31. The zero-order valence-electron chi connectivity index (χ0n) is 9.10. The van der Waals surface area contributed by atoms with Gasteiger partial charge < -0.3 is 5.32 Å². The number of nitrogens with zero attached hydrogens (tertiary/aromatic N) is 3. The van der Waals surface area contributed by atoms with Crippen LogP contribution in [-0.4, -0.2) is 33.7 Å². The normalized spacial score (nSPS) is 22.0. The van der Waals surface area contributed by atoms with Crippen LogP contribution < -0.4 is 5.32 Å². The molecule has 1 atom stereocenters. The molecule has 1 amide bonds. The molecule has 15 heavy (non-hydrogen) atoms. The number of aryl methyl sites for hydroxylation is 1. The Morgan fingerprint density at radius 3 is 3.00 bits per heavy atom. The standard InChI is InChI=1S/C10H16N4O/c1-3-13-7-9(15)12-10(13)8-5-6-11-14(8)4-2/h5-6,10H,3-4,7H2,1-2H3,(H,12,15)/t10-/m0/s1. The molecular weight excluding hydrogens is 192 g/mol. The summed E-state index contributed by atoms with van der Waals surface area (Å²) in [5.74, 6) is 0.0886. The minimum absolute atomic E-state index is 0.00931. The van der Waals surface area contributed by atoms with Gasteiger partial charge in [0.2, 0.25) is 5.91 Å². The molecule has 1 aromatic rings. The predicted molar refractivity (Wildman–Crippen MR) is 56.0 cm³/mol. The first kappa shape index (κ1) is 10.2. The Labute approximate surface area is 89.1 Å². The summed E-state index contributed by atoms with van der Waals surface area (Å²) in [5.41, 5.74) is 1.06. The van der Waals surface area contributed by atoms with Gasteiger partial charge in [-0.25, -0.2) is 0 Å². The van der Waals surface area contributed by atoms with Crippen molar-refractivity contribution in [2.45, 2.75) is 26.6 Å². The Bertz CT molecular complexity index is 360. The van der Waals surface area contributed by atoms with Gasteiger partial charge in [0.1, 0.15) is 6.17 Å². The van der Waals surface area contributed by atoms with Gasteiger partial charge in [-0.3, -0.25) is 14.4 Å². The van der Waals surface area contributed by atoms with Crippen LogP contribution in [0.1, 0.15) is 25.7 Å². The fourth-order valence-electron chi connectivity index (χ4n) is 1.96. The van der Waals surface area contributed by atoms with Crippen molar-refractivity contribution in [3.63, 3.8) is 0 Å². The minimum atomic E-state index is -0.00931. The summed E-state index contributed by atoms with van der Waals surface area (Å²) in [7, 11) is 0. The van der Waals surface area contributed by atoms with Crippen LogP contribution >= 0.6 is 0 Å². The lowest BCUT2D eigenvalue weighted by atomic mass is 10.3. The molecule has 0 unspecified atom stereocenters. The number of aromatic nitrogens is 2. The summed E-state index contributed by atoms with van der Waals surface area (Å²) >= 11 is 0. The van der Waals surface area contributed by atoms with Crippen molar-refractivity contribution in [3.05, 3.63) is 18.0 Å². The van der Waals surface area contributed by atoms with Crippen molar-refractivity contribution < 1.29 is 4.79 Å². The van der Waals surface area contributed by atoms with Crippen LogP contribution in [0.25, 0.3) is 0 Å². The molecule has 1 aliphatic rings. The smallest absolute Gasteiger partial charge is 0.235 e. The molecule has 0 aliphatic carbocycles. The Hall–Kier alpha value is -1.36. The van der Waals surface area contributed by atoms with E-state index in [1.165, 1.54) is 0 Å². The molecule has 1 aromatic heterocycles. The maximum Gasteiger partial charge on any atom is 0.235 e. The molecular formula is C10H16N4O. The van der Waals surface area contributed by atoms with Gasteiger partial charge in [0.15, 0.2) is 0 Å². The maximum absolute atomic E-state index is 11.3. The number of likely N-dealkylation sites (N-methyl/N-ethyl adjacent to an activating group) is 1. The SMILES string of the molecule is CCN1CC(=O)N[C@@H]1c1ccnn1CC. The molecule has 2 heterocycles. The van der Waals surface area contributed by atoms with Crippen molar-refractivity contribution in [1.82, 2.24) is 20.0 Å². The van der Waals surface area contributed by atoms with Gasteiger partial charge in [0, 0.05) is 12.7 Å². The fourth-order valence-corrected chi connectivity index (χ4v) is 1.96. The molecule has 0 aromatic carbocycles. The largest absolute Gasteiger partial charge is 0.334 e. The average Bonchev–Trinajstić information content (AvgIpc) is 2.82. The molecule has 1 fully saturated rings. The lowest BCUT2D eigenvalue weighted by Gasteiger charge is -2.21. The zero-order valence-corrected chi connectivity index (χ0v) is 9.10. The molecule has 2 rings (SSSR count). The van der Waals surface area contributed by atoms with Crippen molar-refractivity contribution in [3.8, 4) is 0 Å². The number of hydrogen-bond donors (Lipinski definition) is 1. The quantitative estimate of drug-likeness (QED) is 0.780. The van der Waals surface area contributed by atoms with E-state index in [9.17, 15) is 4.79 Å². The highest BCUT2D eigenvalue weighted by molar-refractivity contribution is 5.80. The first-order valence-electron chi connectivity index (χ1n) is 5.31. The van der Waals surface area contributed by atoms with Gasteiger partial charge >= 0.3 is 0 Å². The van der Waals surface area contributed by atoms with Gasteiger partial charge in [-0.05, 0) is 19.5 Å². The van der Waals surface area contributed by atoms with E-state index in [2.05, 4.69) is 22.2 Å². The number of carbonyl (C=O) groups excluding carboxylic acids is 1. The second-order valence-electron chi connectivity index (χ2n) is 3.60. The van der Waals surface area contributed by atoms with Crippen LogP contribution in [0, 0.1) is 0 Å². The molecule has 0 saturated carbocycles. The highest BCUT2D eigenvalue weighted by Crippen LogP contribution is 2.21. The third kappa shape index (κ3) is 1.74. The molecule has 1 saturated heterocycles. The molecule has 1 aliphatic heterocycles. The highest BCUT2D eigenvalue weighted by atomic mass is 16.2. The number of rotatable bonds is 3. The first-order chi connectivity index (χ1) is 7.26. The lowest BCUT2D eigenvalue weighted by Crippen LogP contribution is -2.29. The van der Waals surface area contributed by atoms with Crippen LogP contribution in [0.2, 0.25) is 0 Å². The zero-order chi connectivity index (χ0) is 10.8. The van der Waals surface area contributed by atoms with Gasteiger partial charge in [0.25, 0.3) is 0 Å². The number of carbonyl (C=O) groups is 1. The second-order valence-corrected chi connectivity index (χ2v) is 3.60.